The van der Waals surface area contributed by atoms with Gasteiger partial charge in [-0.1, -0.05) is 6.07 Å². The van der Waals surface area contributed by atoms with Crippen LogP contribution in [0.5, 0.6) is 0 Å². The van der Waals surface area contributed by atoms with Crippen LogP contribution in [0.15, 0.2) is 18.2 Å². The van der Waals surface area contributed by atoms with E-state index >= 15 is 0 Å². The zero-order valence-corrected chi connectivity index (χ0v) is 14.0. The van der Waals surface area contributed by atoms with Crippen molar-refractivity contribution in [3.63, 3.8) is 0 Å². The highest BCUT2D eigenvalue weighted by Crippen LogP contribution is 2.33. The van der Waals surface area contributed by atoms with E-state index in [1.807, 2.05) is 32.6 Å². The normalized spacial score (nSPS) is 18.7. The molecule has 1 aromatic carbocycles. The molecule has 0 radical (unpaired) electrons. The summed E-state index contributed by atoms with van der Waals surface area (Å²) in [5.41, 5.74) is 4.83. The first-order chi connectivity index (χ1) is 10.9. The molecular weight excluding hydrogens is 293 g/mol. The fraction of sp³-hybridized carbons (Fsp3) is 0.444. The van der Waals surface area contributed by atoms with Crippen molar-refractivity contribution in [2.75, 3.05) is 6.54 Å². The van der Waals surface area contributed by atoms with Gasteiger partial charge in [0.15, 0.2) is 0 Å². The van der Waals surface area contributed by atoms with E-state index in [1.54, 1.807) is 12.1 Å². The Labute approximate surface area is 135 Å². The fourth-order valence-corrected chi connectivity index (χ4v) is 3.67. The lowest BCUT2D eigenvalue weighted by Gasteiger charge is -2.37. The third-order valence-corrected chi connectivity index (χ3v) is 4.92. The van der Waals surface area contributed by atoms with Crippen molar-refractivity contribution in [2.45, 2.75) is 46.1 Å². The molecule has 1 aromatic heterocycles. The molecule has 2 unspecified atom stereocenters. The van der Waals surface area contributed by atoms with Gasteiger partial charge in [0.25, 0.3) is 0 Å². The van der Waals surface area contributed by atoms with Gasteiger partial charge < -0.3 is 4.90 Å². The maximum absolute atomic E-state index is 13.4. The Hall–Kier alpha value is -2.17. The minimum atomic E-state index is -0.238. The molecule has 0 saturated carbocycles. The van der Waals surface area contributed by atoms with Crippen molar-refractivity contribution in [3.8, 4) is 0 Å². The summed E-state index contributed by atoms with van der Waals surface area (Å²) in [6.07, 6.45) is 0.694. The maximum atomic E-state index is 13.4. The molecule has 0 fully saturated rings. The summed E-state index contributed by atoms with van der Waals surface area (Å²) >= 11 is 0. The smallest absolute Gasteiger partial charge is 0.230 e. The number of aromatic nitrogens is 2. The van der Waals surface area contributed by atoms with Crippen molar-refractivity contribution in [2.24, 2.45) is 0 Å². The number of carbonyl (C=O) groups excluding carboxylic acids is 1. The number of nitrogens with zero attached hydrogens (tertiary/aromatic N) is 2. The first-order valence-electron chi connectivity index (χ1n) is 8.00. The Bertz CT molecular complexity index is 733. The molecule has 3 rings (SSSR count). The van der Waals surface area contributed by atoms with Crippen molar-refractivity contribution in [1.29, 1.82) is 0 Å². The van der Waals surface area contributed by atoms with Crippen LogP contribution in [0.2, 0.25) is 0 Å². The predicted molar refractivity (Wildman–Crippen MR) is 86.7 cm³/mol. The number of aryl methyl sites for hydroxylation is 2. The van der Waals surface area contributed by atoms with E-state index in [0.717, 1.165) is 28.1 Å². The second kappa shape index (κ2) is 5.80. The number of carbonyl (C=O) groups is 1. The van der Waals surface area contributed by atoms with E-state index < -0.39 is 0 Å². The standard InChI is InChI=1S/C18H22FN3O/c1-10(17-11(2)20-21-12(17)3)18(23)22-8-7-14-9-15(19)5-6-16(14)13(22)4/h5-6,9-10,13H,7-8H2,1-4H3,(H,20,21). The summed E-state index contributed by atoms with van der Waals surface area (Å²) in [6.45, 7) is 8.42. The largest absolute Gasteiger partial charge is 0.335 e. The Balaban J connectivity index is 1.88. The Morgan fingerprint density at radius 2 is 2.17 bits per heavy atom. The zero-order valence-electron chi connectivity index (χ0n) is 14.0. The van der Waals surface area contributed by atoms with Gasteiger partial charge in [0.2, 0.25) is 5.91 Å². The average molecular weight is 315 g/mol. The molecule has 2 heterocycles. The quantitative estimate of drug-likeness (QED) is 0.923. The molecule has 5 heteroatoms. The third kappa shape index (κ3) is 2.64. The summed E-state index contributed by atoms with van der Waals surface area (Å²) in [6, 6.07) is 4.81. The number of hydrogen-bond donors (Lipinski definition) is 1. The summed E-state index contributed by atoms with van der Waals surface area (Å²) in [7, 11) is 0. The highest BCUT2D eigenvalue weighted by molar-refractivity contribution is 5.84. The molecule has 122 valence electrons. The molecule has 4 nitrogen and oxygen atoms in total. The van der Waals surface area contributed by atoms with Gasteiger partial charge in [0, 0.05) is 17.8 Å². The molecule has 1 aliphatic rings. The lowest BCUT2D eigenvalue weighted by Crippen LogP contribution is -2.41. The molecule has 1 amide bonds. The SMILES string of the molecule is Cc1n[nH]c(C)c1C(C)C(=O)N1CCc2cc(F)ccc2C1C. The topological polar surface area (TPSA) is 49.0 Å². The van der Waals surface area contributed by atoms with Crippen LogP contribution in [-0.4, -0.2) is 27.5 Å². The van der Waals surface area contributed by atoms with Crippen LogP contribution in [0.3, 0.4) is 0 Å². The molecule has 0 aliphatic carbocycles. The summed E-state index contributed by atoms with van der Waals surface area (Å²) in [4.78, 5) is 14.9. The first-order valence-corrected chi connectivity index (χ1v) is 8.00. The minimum Gasteiger partial charge on any atom is -0.335 e. The van der Waals surface area contributed by atoms with Crippen LogP contribution in [0.25, 0.3) is 0 Å². The fourth-order valence-electron chi connectivity index (χ4n) is 3.67. The molecule has 2 aromatic rings. The summed E-state index contributed by atoms with van der Waals surface area (Å²) < 4.78 is 13.4. The van der Waals surface area contributed by atoms with Crippen molar-refractivity contribution >= 4 is 5.91 Å². The first kappa shape index (κ1) is 15.7. The van der Waals surface area contributed by atoms with Crippen molar-refractivity contribution in [1.82, 2.24) is 15.1 Å². The molecule has 1 aliphatic heterocycles. The van der Waals surface area contributed by atoms with E-state index in [-0.39, 0.29) is 23.7 Å². The van der Waals surface area contributed by atoms with Crippen LogP contribution in [-0.2, 0) is 11.2 Å². The van der Waals surface area contributed by atoms with E-state index in [2.05, 4.69) is 10.2 Å². The lowest BCUT2D eigenvalue weighted by molar-refractivity contribution is -0.135. The van der Waals surface area contributed by atoms with E-state index in [4.69, 9.17) is 0 Å². The molecular formula is C18H22FN3O. The number of nitrogens with one attached hydrogen (secondary N) is 1. The second-order valence-corrected chi connectivity index (χ2v) is 6.37. The van der Waals surface area contributed by atoms with Gasteiger partial charge in [0.05, 0.1) is 17.7 Å². The second-order valence-electron chi connectivity index (χ2n) is 6.37. The Kier molecular flexibility index (Phi) is 3.96. The summed E-state index contributed by atoms with van der Waals surface area (Å²) in [5.74, 6) is -0.355. The van der Waals surface area contributed by atoms with Gasteiger partial charge in [-0.2, -0.15) is 5.10 Å². The third-order valence-electron chi connectivity index (χ3n) is 4.92. The molecule has 2 atom stereocenters. The zero-order chi connectivity index (χ0) is 16.7. The number of fused-ring (bicyclic) bond motifs is 1. The van der Waals surface area contributed by atoms with Crippen LogP contribution >= 0.6 is 0 Å². The number of rotatable bonds is 2. The average Bonchev–Trinajstić information content (AvgIpc) is 2.85. The minimum absolute atomic E-state index is 0.0400. The van der Waals surface area contributed by atoms with Crippen LogP contribution in [0.4, 0.5) is 4.39 Å². The number of halogens is 1. The van der Waals surface area contributed by atoms with Gasteiger partial charge >= 0.3 is 0 Å². The van der Waals surface area contributed by atoms with Crippen LogP contribution < -0.4 is 0 Å². The van der Waals surface area contributed by atoms with Gasteiger partial charge in [-0.05, 0) is 57.4 Å². The summed E-state index contributed by atoms with van der Waals surface area (Å²) in [5, 5.41) is 7.14. The highest BCUT2D eigenvalue weighted by Gasteiger charge is 2.32. The molecule has 0 spiro atoms. The Morgan fingerprint density at radius 3 is 2.83 bits per heavy atom. The maximum Gasteiger partial charge on any atom is 0.230 e. The number of aromatic amines is 1. The van der Waals surface area contributed by atoms with E-state index in [0.29, 0.717) is 13.0 Å². The molecule has 23 heavy (non-hydrogen) atoms. The van der Waals surface area contributed by atoms with Crippen LogP contribution in [0, 0.1) is 19.7 Å². The van der Waals surface area contributed by atoms with E-state index in [1.165, 1.54) is 6.07 Å². The van der Waals surface area contributed by atoms with Crippen LogP contribution in [0.1, 0.15) is 53.9 Å². The van der Waals surface area contributed by atoms with Gasteiger partial charge in [-0.25, -0.2) is 4.39 Å². The predicted octanol–water partition coefficient (Wildman–Crippen LogP) is 3.42. The monoisotopic (exact) mass is 315 g/mol. The Morgan fingerprint density at radius 1 is 1.43 bits per heavy atom. The lowest BCUT2D eigenvalue weighted by atomic mass is 9.90. The number of hydrogen-bond acceptors (Lipinski definition) is 2. The number of H-pyrrole nitrogens is 1. The molecule has 0 bridgehead atoms. The number of amides is 1. The van der Waals surface area contributed by atoms with Crippen molar-refractivity contribution in [3.05, 3.63) is 52.1 Å². The highest BCUT2D eigenvalue weighted by atomic mass is 19.1. The van der Waals surface area contributed by atoms with Crippen molar-refractivity contribution < 1.29 is 9.18 Å². The van der Waals surface area contributed by atoms with E-state index in [9.17, 15) is 9.18 Å². The molecule has 0 saturated heterocycles. The van der Waals surface area contributed by atoms with Gasteiger partial charge in [-0.15, -0.1) is 0 Å². The molecule has 1 N–H and O–H groups in total. The van der Waals surface area contributed by atoms with Gasteiger partial charge in [-0.3, -0.25) is 9.89 Å². The van der Waals surface area contributed by atoms with Gasteiger partial charge in [0.1, 0.15) is 5.82 Å². The number of benzene rings is 1.